The van der Waals surface area contributed by atoms with Crippen LogP contribution in [0.1, 0.15) is 16.7 Å². The minimum absolute atomic E-state index is 0.0485. The van der Waals surface area contributed by atoms with Gasteiger partial charge in [-0.2, -0.15) is 4.39 Å². The van der Waals surface area contributed by atoms with Crippen LogP contribution >= 0.6 is 22.9 Å². The van der Waals surface area contributed by atoms with Gasteiger partial charge in [-0.15, -0.1) is 11.3 Å². The number of rotatable bonds is 3. The van der Waals surface area contributed by atoms with E-state index in [1.165, 1.54) is 11.3 Å². The van der Waals surface area contributed by atoms with E-state index >= 15 is 0 Å². The molecule has 2 aromatic rings. The van der Waals surface area contributed by atoms with Gasteiger partial charge in [0, 0.05) is 9.75 Å². The second kappa shape index (κ2) is 5.07. The van der Waals surface area contributed by atoms with Gasteiger partial charge in [-0.05, 0) is 18.6 Å². The van der Waals surface area contributed by atoms with Crippen LogP contribution in [0, 0.1) is 5.82 Å². The van der Waals surface area contributed by atoms with Crippen molar-refractivity contribution in [1.29, 1.82) is 0 Å². The second-order valence-electron chi connectivity index (χ2n) is 3.67. The van der Waals surface area contributed by atoms with E-state index in [1.54, 1.807) is 0 Å². The van der Waals surface area contributed by atoms with E-state index in [4.69, 9.17) is 11.6 Å². The number of H-pyrrole nitrogens is 1. The average molecular weight is 289 g/mol. The molecular weight excluding hydrogens is 279 g/mol. The van der Waals surface area contributed by atoms with Gasteiger partial charge in [-0.1, -0.05) is 18.5 Å². The van der Waals surface area contributed by atoms with E-state index in [0.29, 0.717) is 0 Å². The topological polar surface area (TPSA) is 54.9 Å². The quantitative estimate of drug-likeness (QED) is 0.878. The van der Waals surface area contributed by atoms with Crippen LogP contribution in [0.4, 0.5) is 4.39 Å². The monoisotopic (exact) mass is 288 g/mol. The van der Waals surface area contributed by atoms with Crippen LogP contribution in [0.3, 0.4) is 0 Å². The zero-order valence-corrected chi connectivity index (χ0v) is 11.1. The van der Waals surface area contributed by atoms with Crippen LogP contribution in [-0.4, -0.2) is 9.55 Å². The fourth-order valence-corrected chi connectivity index (χ4v) is 2.63. The number of hydrogen-bond donors (Lipinski definition) is 1. The molecule has 96 valence electrons. The van der Waals surface area contributed by atoms with Gasteiger partial charge < -0.3 is 0 Å². The first-order valence-electron chi connectivity index (χ1n) is 5.28. The van der Waals surface area contributed by atoms with Gasteiger partial charge in [-0.25, -0.2) is 4.79 Å². The van der Waals surface area contributed by atoms with Crippen LogP contribution in [-0.2, 0) is 13.0 Å². The Labute approximate surface area is 111 Å². The predicted molar refractivity (Wildman–Crippen MR) is 69.1 cm³/mol. The molecule has 7 heteroatoms. The van der Waals surface area contributed by atoms with Crippen LogP contribution in [0.5, 0.6) is 0 Å². The van der Waals surface area contributed by atoms with Gasteiger partial charge >= 0.3 is 5.69 Å². The lowest BCUT2D eigenvalue weighted by molar-refractivity contribution is 0.559. The van der Waals surface area contributed by atoms with Crippen molar-refractivity contribution in [2.45, 2.75) is 19.9 Å². The lowest BCUT2D eigenvalue weighted by atomic mass is 10.3. The zero-order chi connectivity index (χ0) is 13.3. The number of aromatic amines is 1. The Kier molecular flexibility index (Phi) is 3.68. The summed E-state index contributed by atoms with van der Waals surface area (Å²) in [5.41, 5.74) is -1.71. The number of hydrogen-bond acceptors (Lipinski definition) is 3. The molecule has 0 atom stereocenters. The maximum absolute atomic E-state index is 13.3. The van der Waals surface area contributed by atoms with E-state index < -0.39 is 22.2 Å². The van der Waals surface area contributed by atoms with E-state index in [1.807, 2.05) is 19.1 Å². The lowest BCUT2D eigenvalue weighted by Crippen LogP contribution is -2.37. The number of aryl methyl sites for hydroxylation is 1. The molecular formula is C11H10ClFN2O2S. The predicted octanol–water partition coefficient (Wildman–Crippen LogP) is 2.00. The minimum Gasteiger partial charge on any atom is -0.295 e. The van der Waals surface area contributed by atoms with Gasteiger partial charge in [0.25, 0.3) is 5.56 Å². The highest BCUT2D eigenvalue weighted by Gasteiger charge is 2.13. The number of thiophene rings is 1. The van der Waals surface area contributed by atoms with Crippen LogP contribution in [0.2, 0.25) is 5.15 Å². The third kappa shape index (κ3) is 2.39. The van der Waals surface area contributed by atoms with E-state index in [0.717, 1.165) is 20.7 Å². The van der Waals surface area contributed by atoms with Crippen molar-refractivity contribution in [3.63, 3.8) is 0 Å². The Morgan fingerprint density at radius 3 is 2.67 bits per heavy atom. The Hall–Kier alpha value is -1.40. The van der Waals surface area contributed by atoms with Crippen molar-refractivity contribution >= 4 is 22.9 Å². The van der Waals surface area contributed by atoms with Gasteiger partial charge in [0.2, 0.25) is 5.82 Å². The molecule has 0 saturated carbocycles. The molecule has 0 aliphatic carbocycles. The standard InChI is InChI=1S/C11H10ClFN2O2S/c1-2-6-3-4-7(18-6)5-15-10(16)8(13)9(12)14-11(15)17/h3-4H,2,5H2,1H3,(H,14,17). The van der Waals surface area contributed by atoms with E-state index in [-0.39, 0.29) is 6.54 Å². The summed E-state index contributed by atoms with van der Waals surface area (Å²) in [6, 6.07) is 3.74. The smallest absolute Gasteiger partial charge is 0.295 e. The third-order valence-electron chi connectivity index (χ3n) is 2.47. The summed E-state index contributed by atoms with van der Waals surface area (Å²) >= 11 is 6.87. The van der Waals surface area contributed by atoms with Crippen molar-refractivity contribution < 1.29 is 4.39 Å². The molecule has 0 fully saturated rings. The van der Waals surface area contributed by atoms with Gasteiger partial charge in [0.1, 0.15) is 0 Å². The molecule has 0 aliphatic heterocycles. The summed E-state index contributed by atoms with van der Waals surface area (Å²) in [4.78, 5) is 27.2. The van der Waals surface area contributed by atoms with Crippen molar-refractivity contribution in [1.82, 2.24) is 9.55 Å². The Morgan fingerprint density at radius 1 is 1.39 bits per heavy atom. The number of nitrogens with zero attached hydrogens (tertiary/aromatic N) is 1. The van der Waals surface area contributed by atoms with E-state index in [9.17, 15) is 14.0 Å². The molecule has 0 bridgehead atoms. The summed E-state index contributed by atoms with van der Waals surface area (Å²) in [6.07, 6.45) is 0.880. The fraction of sp³-hybridized carbons (Fsp3) is 0.273. The first-order chi connectivity index (χ1) is 8.52. The van der Waals surface area contributed by atoms with Gasteiger partial charge in [0.15, 0.2) is 5.15 Å². The molecule has 0 saturated heterocycles. The summed E-state index contributed by atoms with van der Waals surface area (Å²) in [5.74, 6) is -1.14. The molecule has 2 rings (SSSR count). The maximum Gasteiger partial charge on any atom is 0.329 e. The van der Waals surface area contributed by atoms with Crippen molar-refractivity contribution in [3.8, 4) is 0 Å². The molecule has 18 heavy (non-hydrogen) atoms. The van der Waals surface area contributed by atoms with E-state index in [2.05, 4.69) is 4.98 Å². The number of halogens is 2. The summed E-state index contributed by atoms with van der Waals surface area (Å²) in [5, 5.41) is -0.554. The molecule has 0 radical (unpaired) electrons. The molecule has 1 N–H and O–H groups in total. The minimum atomic E-state index is -1.14. The van der Waals surface area contributed by atoms with Crippen LogP contribution < -0.4 is 11.2 Å². The normalized spacial score (nSPS) is 10.8. The molecule has 2 aromatic heterocycles. The molecule has 0 spiro atoms. The average Bonchev–Trinajstić information content (AvgIpc) is 2.80. The SMILES string of the molecule is CCc1ccc(Cn2c(=O)[nH]c(Cl)c(F)c2=O)s1. The lowest BCUT2D eigenvalue weighted by Gasteiger charge is -2.03. The molecule has 0 amide bonds. The Morgan fingerprint density at radius 2 is 2.06 bits per heavy atom. The number of aromatic nitrogens is 2. The maximum atomic E-state index is 13.3. The second-order valence-corrected chi connectivity index (χ2v) is 5.30. The Balaban J connectivity index is 2.44. The summed E-state index contributed by atoms with van der Waals surface area (Å²) < 4.78 is 14.1. The molecule has 2 heterocycles. The van der Waals surface area contributed by atoms with Gasteiger partial charge in [-0.3, -0.25) is 14.3 Å². The first kappa shape index (κ1) is 13.0. The summed E-state index contributed by atoms with van der Waals surface area (Å²) in [6.45, 7) is 2.06. The molecule has 0 unspecified atom stereocenters. The van der Waals surface area contributed by atoms with Gasteiger partial charge in [0.05, 0.1) is 6.54 Å². The number of nitrogens with one attached hydrogen (secondary N) is 1. The first-order valence-corrected chi connectivity index (χ1v) is 6.48. The van der Waals surface area contributed by atoms with Crippen LogP contribution in [0.15, 0.2) is 21.7 Å². The highest BCUT2D eigenvalue weighted by molar-refractivity contribution is 7.11. The van der Waals surface area contributed by atoms with Crippen molar-refractivity contribution in [2.24, 2.45) is 0 Å². The highest BCUT2D eigenvalue weighted by Crippen LogP contribution is 2.17. The zero-order valence-electron chi connectivity index (χ0n) is 9.50. The van der Waals surface area contributed by atoms with Crippen molar-refractivity contribution in [3.05, 3.63) is 53.7 Å². The third-order valence-corrected chi connectivity index (χ3v) is 3.94. The van der Waals surface area contributed by atoms with Crippen molar-refractivity contribution in [2.75, 3.05) is 0 Å². The molecule has 0 aliphatic rings. The largest absolute Gasteiger partial charge is 0.329 e. The molecule has 0 aromatic carbocycles. The van der Waals surface area contributed by atoms with Crippen LogP contribution in [0.25, 0.3) is 0 Å². The highest BCUT2D eigenvalue weighted by atomic mass is 35.5. The summed E-state index contributed by atoms with van der Waals surface area (Å²) in [7, 11) is 0. The fourth-order valence-electron chi connectivity index (χ4n) is 1.52. The molecule has 4 nitrogen and oxygen atoms in total. The Bertz CT molecular complexity index is 689.